The molecule has 0 aliphatic rings. The molecule has 0 spiro atoms. The summed E-state index contributed by atoms with van der Waals surface area (Å²) in [6, 6.07) is 0. The van der Waals surface area contributed by atoms with Gasteiger partial charge >= 0.3 is 0 Å². The van der Waals surface area contributed by atoms with Gasteiger partial charge in [0.1, 0.15) is 0 Å². The Kier molecular flexibility index (Phi) is 5.95. The summed E-state index contributed by atoms with van der Waals surface area (Å²) in [4.78, 5) is 0. The SMILES string of the molecule is C=C(C)C(C)(C)C.C=S(C)(=O)C(C)(C)C. The fourth-order valence-corrected chi connectivity index (χ4v) is 0. The average Bonchev–Trinajstić information content (AvgIpc) is 1.80. The van der Waals surface area contributed by atoms with Gasteiger partial charge in [-0.1, -0.05) is 32.9 Å². The second-order valence-electron chi connectivity index (χ2n) is 6.15. The molecule has 0 radical (unpaired) electrons. The van der Waals surface area contributed by atoms with E-state index in [1.807, 2.05) is 20.8 Å². The van der Waals surface area contributed by atoms with Crippen molar-refractivity contribution in [1.29, 1.82) is 0 Å². The zero-order valence-electron chi connectivity index (χ0n) is 11.7. The Morgan fingerprint density at radius 3 is 1.20 bits per heavy atom. The first-order valence-electron chi connectivity index (χ1n) is 5.17. The van der Waals surface area contributed by atoms with E-state index >= 15 is 0 Å². The Morgan fingerprint density at radius 1 is 1.07 bits per heavy atom. The maximum atomic E-state index is 11.1. The number of hydrogen-bond donors (Lipinski definition) is 0. The lowest BCUT2D eigenvalue weighted by atomic mass is 9.89. The summed E-state index contributed by atoms with van der Waals surface area (Å²) in [6.45, 7) is 18.2. The Bertz CT molecular complexity index is 294. The zero-order chi connectivity index (χ0) is 13.1. The van der Waals surface area contributed by atoms with E-state index in [1.54, 1.807) is 6.26 Å². The fraction of sp³-hybridized carbons (Fsp3) is 0.769. The zero-order valence-corrected chi connectivity index (χ0v) is 12.5. The molecule has 0 aromatic rings. The molecule has 1 nitrogen and oxygen atoms in total. The second kappa shape index (κ2) is 5.20. The highest BCUT2D eigenvalue weighted by atomic mass is 32.2. The van der Waals surface area contributed by atoms with E-state index in [4.69, 9.17) is 0 Å². The fourth-order valence-electron chi connectivity index (χ4n) is 0. The molecule has 15 heavy (non-hydrogen) atoms. The van der Waals surface area contributed by atoms with Crippen LogP contribution in [0, 0.1) is 5.41 Å². The molecule has 0 fully saturated rings. The summed E-state index contributed by atoms with van der Waals surface area (Å²) in [5, 5.41) is 0. The Balaban J connectivity index is 0. The largest absolute Gasteiger partial charge is 0.268 e. The van der Waals surface area contributed by atoms with Gasteiger partial charge in [0.05, 0.1) is 0 Å². The van der Waals surface area contributed by atoms with Crippen LogP contribution in [0.5, 0.6) is 0 Å². The third kappa shape index (κ3) is 8.73. The summed E-state index contributed by atoms with van der Waals surface area (Å²) < 4.78 is 11.0. The molecule has 0 amide bonds. The molecular weight excluding hydrogens is 204 g/mol. The highest BCUT2D eigenvalue weighted by Crippen LogP contribution is 2.21. The van der Waals surface area contributed by atoms with Crippen LogP contribution in [0.3, 0.4) is 0 Å². The molecule has 0 rings (SSSR count). The summed E-state index contributed by atoms with van der Waals surface area (Å²) in [5.74, 6) is 3.57. The van der Waals surface area contributed by atoms with Crippen LogP contribution in [0.1, 0.15) is 48.5 Å². The summed E-state index contributed by atoms with van der Waals surface area (Å²) in [7, 11) is -1.84. The molecule has 0 heterocycles. The van der Waals surface area contributed by atoms with Crippen molar-refractivity contribution < 1.29 is 4.21 Å². The topological polar surface area (TPSA) is 17.1 Å². The van der Waals surface area contributed by atoms with Crippen LogP contribution in [0.4, 0.5) is 0 Å². The minimum Gasteiger partial charge on any atom is -0.268 e. The Morgan fingerprint density at radius 2 is 1.20 bits per heavy atom. The minimum absolute atomic E-state index is 0.146. The van der Waals surface area contributed by atoms with E-state index < -0.39 is 9.52 Å². The van der Waals surface area contributed by atoms with E-state index in [0.717, 1.165) is 0 Å². The van der Waals surface area contributed by atoms with Crippen molar-refractivity contribution >= 4 is 15.4 Å². The molecule has 1 atom stereocenters. The van der Waals surface area contributed by atoms with Crippen molar-refractivity contribution in [3.8, 4) is 0 Å². The molecule has 0 saturated carbocycles. The number of allylic oxidation sites excluding steroid dienone is 1. The lowest BCUT2D eigenvalue weighted by Gasteiger charge is -2.19. The second-order valence-corrected chi connectivity index (χ2v) is 9.38. The summed E-state index contributed by atoms with van der Waals surface area (Å²) in [5.41, 5.74) is 1.55. The molecule has 92 valence electrons. The van der Waals surface area contributed by atoms with Crippen molar-refractivity contribution in [3.05, 3.63) is 12.2 Å². The molecule has 0 aromatic carbocycles. The molecule has 0 N–H and O–H groups in total. The van der Waals surface area contributed by atoms with Crippen LogP contribution in [-0.4, -0.2) is 21.1 Å². The van der Waals surface area contributed by atoms with Gasteiger partial charge in [-0.25, -0.2) is 0 Å². The maximum absolute atomic E-state index is 11.1. The molecule has 1 unspecified atom stereocenters. The molecule has 0 bridgehead atoms. The van der Waals surface area contributed by atoms with Crippen molar-refractivity contribution in [2.24, 2.45) is 5.41 Å². The Hall–Kier alpha value is -0.240. The average molecular weight is 232 g/mol. The van der Waals surface area contributed by atoms with Gasteiger partial charge in [-0.3, -0.25) is 4.21 Å². The molecule has 0 aliphatic carbocycles. The van der Waals surface area contributed by atoms with Gasteiger partial charge in [0.15, 0.2) is 0 Å². The number of rotatable bonds is 0. The predicted octanol–water partition coefficient (Wildman–Crippen LogP) is 3.74. The first kappa shape index (κ1) is 17.2. The lowest BCUT2D eigenvalue weighted by Crippen LogP contribution is -2.25. The monoisotopic (exact) mass is 232 g/mol. The summed E-state index contributed by atoms with van der Waals surface area (Å²) >= 11 is 0. The minimum atomic E-state index is -1.84. The molecule has 0 aromatic heterocycles. The molecule has 2 heteroatoms. The third-order valence-corrected chi connectivity index (χ3v) is 5.17. The maximum Gasteiger partial charge on any atom is 0.0296 e. The van der Waals surface area contributed by atoms with E-state index in [9.17, 15) is 4.21 Å². The van der Waals surface area contributed by atoms with Crippen molar-refractivity contribution in [3.63, 3.8) is 0 Å². The Labute approximate surface area is 97.0 Å². The van der Waals surface area contributed by atoms with Crippen LogP contribution in [0.25, 0.3) is 0 Å². The standard InChI is InChI=1S/C7H14.C6H14OS/c1-6(2)7(3,4)5;1-6(2,3)8(4,5)7/h1H2,2-5H3;4H2,1-3,5H3. The first-order valence-corrected chi connectivity index (χ1v) is 7.31. The van der Waals surface area contributed by atoms with Crippen LogP contribution in [-0.2, 0) is 9.52 Å². The smallest absolute Gasteiger partial charge is 0.0296 e. The number of hydrogen-bond acceptors (Lipinski definition) is 1. The highest BCUT2D eigenvalue weighted by Gasteiger charge is 2.16. The van der Waals surface area contributed by atoms with Gasteiger partial charge in [0.25, 0.3) is 0 Å². The van der Waals surface area contributed by atoms with Crippen molar-refractivity contribution in [2.75, 3.05) is 6.26 Å². The molecule has 0 aliphatic heterocycles. The van der Waals surface area contributed by atoms with Crippen molar-refractivity contribution in [1.82, 2.24) is 0 Å². The quantitative estimate of drug-likeness (QED) is 0.459. The van der Waals surface area contributed by atoms with Gasteiger partial charge in [-0.2, -0.15) is 0 Å². The van der Waals surface area contributed by atoms with Crippen LogP contribution in [0.15, 0.2) is 12.2 Å². The lowest BCUT2D eigenvalue weighted by molar-refractivity contribution is 0.506. The van der Waals surface area contributed by atoms with Gasteiger partial charge in [0.2, 0.25) is 0 Å². The van der Waals surface area contributed by atoms with E-state index in [1.165, 1.54) is 5.57 Å². The normalized spacial score (nSPS) is 16.0. The summed E-state index contributed by atoms with van der Waals surface area (Å²) in [6.07, 6.45) is 1.69. The van der Waals surface area contributed by atoms with Gasteiger partial charge in [0, 0.05) is 11.0 Å². The van der Waals surface area contributed by atoms with E-state index in [2.05, 4.69) is 40.1 Å². The van der Waals surface area contributed by atoms with Gasteiger partial charge in [-0.05, 0) is 48.5 Å². The predicted molar refractivity (Wildman–Crippen MR) is 75.2 cm³/mol. The molecular formula is C13H28OS. The highest BCUT2D eigenvalue weighted by molar-refractivity contribution is 8.00. The molecule has 0 saturated heterocycles. The van der Waals surface area contributed by atoms with Crippen LogP contribution < -0.4 is 0 Å². The van der Waals surface area contributed by atoms with Gasteiger partial charge in [-0.15, -0.1) is 0 Å². The third-order valence-electron chi connectivity index (χ3n) is 2.58. The first-order chi connectivity index (χ1) is 6.19. The van der Waals surface area contributed by atoms with E-state index in [-0.39, 0.29) is 4.75 Å². The van der Waals surface area contributed by atoms with Crippen LogP contribution >= 0.6 is 0 Å². The van der Waals surface area contributed by atoms with Crippen LogP contribution in [0.2, 0.25) is 0 Å². The van der Waals surface area contributed by atoms with E-state index in [0.29, 0.717) is 5.41 Å². The van der Waals surface area contributed by atoms with Crippen molar-refractivity contribution in [2.45, 2.75) is 53.2 Å². The van der Waals surface area contributed by atoms with Gasteiger partial charge < -0.3 is 0 Å².